The highest BCUT2D eigenvalue weighted by Crippen LogP contribution is 2.26. The van der Waals surface area contributed by atoms with Gasteiger partial charge in [-0.05, 0) is 41.7 Å². The summed E-state index contributed by atoms with van der Waals surface area (Å²) in [5.74, 6) is 0. The lowest BCUT2D eigenvalue weighted by atomic mass is 10.0. The molecule has 0 fully saturated rings. The second-order valence-electron chi connectivity index (χ2n) is 5.61. The Balaban J connectivity index is 1.80. The summed E-state index contributed by atoms with van der Waals surface area (Å²) in [6.07, 6.45) is 2.22. The second kappa shape index (κ2) is 6.73. The molecule has 1 atom stereocenters. The van der Waals surface area contributed by atoms with Crippen LogP contribution in [0.4, 0.5) is 0 Å². The Morgan fingerprint density at radius 2 is 1.67 bits per heavy atom. The van der Waals surface area contributed by atoms with E-state index in [1.54, 1.807) is 0 Å². The maximum Gasteiger partial charge on any atom is 0.0471 e. The van der Waals surface area contributed by atoms with Gasteiger partial charge in [0.1, 0.15) is 0 Å². The molecule has 2 N–H and O–H groups in total. The van der Waals surface area contributed by atoms with E-state index in [-0.39, 0.29) is 0 Å². The van der Waals surface area contributed by atoms with Gasteiger partial charge < -0.3 is 5.73 Å². The molecule has 0 aromatic heterocycles. The maximum atomic E-state index is 6.08. The van der Waals surface area contributed by atoms with Crippen molar-refractivity contribution in [3.8, 4) is 0 Å². The Labute approximate surface area is 135 Å². The van der Waals surface area contributed by atoms with Crippen molar-refractivity contribution in [2.24, 2.45) is 5.73 Å². The number of nitrogens with zero attached hydrogens (tertiary/aromatic N) is 1. The highest BCUT2D eigenvalue weighted by molar-refractivity contribution is 9.10. The van der Waals surface area contributed by atoms with Crippen LogP contribution in [-0.2, 0) is 12.8 Å². The molecule has 1 aliphatic heterocycles. The summed E-state index contributed by atoms with van der Waals surface area (Å²) in [6, 6.07) is 17.6. The molecular formula is C18H21BrN2. The summed E-state index contributed by atoms with van der Waals surface area (Å²) in [7, 11) is 0. The van der Waals surface area contributed by atoms with E-state index in [4.69, 9.17) is 5.73 Å². The average molecular weight is 345 g/mol. The minimum atomic E-state index is 0.303. The van der Waals surface area contributed by atoms with E-state index in [1.165, 1.54) is 16.7 Å². The molecule has 1 aliphatic rings. The molecular weight excluding hydrogens is 324 g/mol. The Morgan fingerprint density at radius 3 is 2.24 bits per heavy atom. The summed E-state index contributed by atoms with van der Waals surface area (Å²) in [5, 5.41) is 0. The van der Waals surface area contributed by atoms with Gasteiger partial charge in [-0.2, -0.15) is 0 Å². The summed E-state index contributed by atoms with van der Waals surface area (Å²) >= 11 is 3.56. The van der Waals surface area contributed by atoms with Gasteiger partial charge in [0.25, 0.3) is 0 Å². The second-order valence-corrected chi connectivity index (χ2v) is 6.53. The summed E-state index contributed by atoms with van der Waals surface area (Å²) in [5.41, 5.74) is 10.4. The minimum Gasteiger partial charge on any atom is -0.329 e. The first-order valence-electron chi connectivity index (χ1n) is 7.54. The largest absolute Gasteiger partial charge is 0.329 e. The number of rotatable bonds is 3. The van der Waals surface area contributed by atoms with E-state index < -0.39 is 0 Å². The number of halogens is 1. The van der Waals surface area contributed by atoms with Crippen LogP contribution in [0.25, 0.3) is 0 Å². The average Bonchev–Trinajstić information content (AvgIpc) is 2.71. The van der Waals surface area contributed by atoms with Crippen LogP contribution in [0.3, 0.4) is 0 Å². The molecule has 0 saturated heterocycles. The SMILES string of the molecule is NCC(c1cccc(Br)c1)N1CCc2ccccc2CC1. The maximum absolute atomic E-state index is 6.08. The molecule has 0 amide bonds. The molecule has 0 aliphatic carbocycles. The number of hydrogen-bond acceptors (Lipinski definition) is 2. The lowest BCUT2D eigenvalue weighted by molar-refractivity contribution is 0.211. The van der Waals surface area contributed by atoms with Crippen LogP contribution >= 0.6 is 15.9 Å². The van der Waals surface area contributed by atoms with E-state index >= 15 is 0 Å². The summed E-state index contributed by atoms with van der Waals surface area (Å²) < 4.78 is 1.12. The molecule has 1 unspecified atom stereocenters. The van der Waals surface area contributed by atoms with Gasteiger partial charge in [-0.3, -0.25) is 4.90 Å². The monoisotopic (exact) mass is 344 g/mol. The zero-order chi connectivity index (χ0) is 14.7. The number of nitrogens with two attached hydrogens (primary N) is 1. The normalized spacial score (nSPS) is 17.0. The van der Waals surface area contributed by atoms with Crippen molar-refractivity contribution < 1.29 is 0 Å². The molecule has 3 heteroatoms. The molecule has 3 rings (SSSR count). The van der Waals surface area contributed by atoms with E-state index in [9.17, 15) is 0 Å². The zero-order valence-corrected chi connectivity index (χ0v) is 13.7. The van der Waals surface area contributed by atoms with Crippen LogP contribution in [-0.4, -0.2) is 24.5 Å². The molecule has 110 valence electrons. The van der Waals surface area contributed by atoms with Gasteiger partial charge in [-0.15, -0.1) is 0 Å². The van der Waals surface area contributed by atoms with E-state index in [0.717, 1.165) is 30.4 Å². The molecule has 2 aromatic rings. The van der Waals surface area contributed by atoms with E-state index in [1.807, 2.05) is 0 Å². The Bertz CT molecular complexity index is 585. The van der Waals surface area contributed by atoms with E-state index in [2.05, 4.69) is 69.4 Å². The zero-order valence-electron chi connectivity index (χ0n) is 12.1. The van der Waals surface area contributed by atoms with Gasteiger partial charge in [0, 0.05) is 30.1 Å². The fraction of sp³-hybridized carbons (Fsp3) is 0.333. The molecule has 0 spiro atoms. The summed E-state index contributed by atoms with van der Waals surface area (Å²) in [4.78, 5) is 2.53. The molecule has 2 nitrogen and oxygen atoms in total. The number of benzene rings is 2. The Kier molecular flexibility index (Phi) is 4.73. The fourth-order valence-corrected chi connectivity index (χ4v) is 3.62. The summed E-state index contributed by atoms with van der Waals surface area (Å²) in [6.45, 7) is 2.81. The van der Waals surface area contributed by atoms with Crippen LogP contribution in [0.1, 0.15) is 22.7 Å². The van der Waals surface area contributed by atoms with Crippen molar-refractivity contribution in [2.75, 3.05) is 19.6 Å². The quantitative estimate of drug-likeness (QED) is 0.922. The first-order chi connectivity index (χ1) is 10.3. The first-order valence-corrected chi connectivity index (χ1v) is 8.33. The van der Waals surface area contributed by atoms with Gasteiger partial charge in [-0.25, -0.2) is 0 Å². The molecule has 1 heterocycles. The minimum absolute atomic E-state index is 0.303. The van der Waals surface area contributed by atoms with Gasteiger partial charge in [0.2, 0.25) is 0 Å². The number of hydrogen-bond donors (Lipinski definition) is 1. The van der Waals surface area contributed by atoms with Crippen LogP contribution in [0.5, 0.6) is 0 Å². The molecule has 2 aromatic carbocycles. The van der Waals surface area contributed by atoms with Crippen molar-refractivity contribution in [3.63, 3.8) is 0 Å². The smallest absolute Gasteiger partial charge is 0.0471 e. The van der Waals surface area contributed by atoms with Crippen LogP contribution < -0.4 is 5.73 Å². The van der Waals surface area contributed by atoms with Crippen molar-refractivity contribution in [3.05, 3.63) is 69.7 Å². The van der Waals surface area contributed by atoms with Crippen LogP contribution in [0.15, 0.2) is 53.0 Å². The van der Waals surface area contributed by atoms with Gasteiger partial charge in [0.05, 0.1) is 0 Å². The lowest BCUT2D eigenvalue weighted by Crippen LogP contribution is -2.35. The van der Waals surface area contributed by atoms with Crippen molar-refractivity contribution in [1.82, 2.24) is 4.90 Å². The number of fused-ring (bicyclic) bond motifs is 1. The van der Waals surface area contributed by atoms with Crippen LogP contribution in [0, 0.1) is 0 Å². The van der Waals surface area contributed by atoms with Crippen molar-refractivity contribution >= 4 is 15.9 Å². The Morgan fingerprint density at radius 1 is 1.00 bits per heavy atom. The van der Waals surface area contributed by atoms with Crippen molar-refractivity contribution in [1.29, 1.82) is 0 Å². The highest BCUT2D eigenvalue weighted by atomic mass is 79.9. The third-order valence-electron chi connectivity index (χ3n) is 4.35. The van der Waals surface area contributed by atoms with Crippen molar-refractivity contribution in [2.45, 2.75) is 18.9 Å². The molecule has 0 bridgehead atoms. The molecule has 0 radical (unpaired) electrons. The highest BCUT2D eigenvalue weighted by Gasteiger charge is 2.21. The topological polar surface area (TPSA) is 29.3 Å². The Hall–Kier alpha value is -1.16. The van der Waals surface area contributed by atoms with E-state index in [0.29, 0.717) is 12.6 Å². The van der Waals surface area contributed by atoms with Crippen LogP contribution in [0.2, 0.25) is 0 Å². The first kappa shape index (κ1) is 14.8. The third-order valence-corrected chi connectivity index (χ3v) is 4.85. The standard InChI is InChI=1S/C18H21BrN2/c19-17-7-3-6-16(12-17)18(13-20)21-10-8-14-4-1-2-5-15(14)9-11-21/h1-7,12,18H,8-11,13,20H2. The predicted molar refractivity (Wildman–Crippen MR) is 91.4 cm³/mol. The molecule has 21 heavy (non-hydrogen) atoms. The fourth-order valence-electron chi connectivity index (χ4n) is 3.21. The van der Waals surface area contributed by atoms with Gasteiger partial charge in [0.15, 0.2) is 0 Å². The van der Waals surface area contributed by atoms with Gasteiger partial charge in [-0.1, -0.05) is 52.3 Å². The molecule has 0 saturated carbocycles. The van der Waals surface area contributed by atoms with Gasteiger partial charge >= 0.3 is 0 Å². The lowest BCUT2D eigenvalue weighted by Gasteiger charge is -2.30. The predicted octanol–water partition coefficient (Wildman–Crippen LogP) is 3.55. The third kappa shape index (κ3) is 3.37.